The third-order valence-corrected chi connectivity index (χ3v) is 8.74. The van der Waals surface area contributed by atoms with Gasteiger partial charge in [-0.1, -0.05) is 35.3 Å². The number of nitrogens with zero attached hydrogens (tertiary/aromatic N) is 3. The first kappa shape index (κ1) is 30.2. The molecule has 1 fully saturated rings. The van der Waals surface area contributed by atoms with Gasteiger partial charge in [-0.15, -0.1) is 11.8 Å². The first-order valence-corrected chi connectivity index (χ1v) is 15.1. The van der Waals surface area contributed by atoms with Crippen LogP contribution in [0.15, 0.2) is 29.3 Å². The van der Waals surface area contributed by atoms with Crippen LogP contribution in [0.5, 0.6) is 0 Å². The predicted octanol–water partition coefficient (Wildman–Crippen LogP) is 8.64. The number of nitriles is 1. The van der Waals surface area contributed by atoms with Crippen LogP contribution in [-0.2, 0) is 11.2 Å². The maximum atomic E-state index is 16.5. The molecule has 6 nitrogen and oxygen atoms in total. The summed E-state index contributed by atoms with van der Waals surface area (Å²) in [4.78, 5) is 19.3. The highest BCUT2D eigenvalue weighted by Crippen LogP contribution is 2.43. The first-order chi connectivity index (χ1) is 18.9. The zero-order valence-electron chi connectivity index (χ0n) is 23.5. The van der Waals surface area contributed by atoms with Crippen molar-refractivity contribution < 1.29 is 13.9 Å². The van der Waals surface area contributed by atoms with Gasteiger partial charge in [0.2, 0.25) is 0 Å². The third-order valence-electron chi connectivity index (χ3n) is 7.13. The van der Waals surface area contributed by atoms with Gasteiger partial charge in [0.15, 0.2) is 5.82 Å². The molecule has 1 aliphatic rings. The number of thioether (sulfide) groups is 1. The van der Waals surface area contributed by atoms with Gasteiger partial charge in [0.1, 0.15) is 16.1 Å². The van der Waals surface area contributed by atoms with E-state index < -0.39 is 11.4 Å². The van der Waals surface area contributed by atoms with Crippen molar-refractivity contribution >= 4 is 57.6 Å². The molecular formula is C30H33Cl2FN4O2S. The second-order valence-electron chi connectivity index (χ2n) is 11.0. The lowest BCUT2D eigenvalue weighted by Crippen LogP contribution is -2.42. The standard InChI is InChI=1S/C30H33Cl2FN4O2S/c1-16-26(35-22-12-14-37(17(22)2)29(38)39-30(3,4)5)20-15-18(9-8-13-34)23(19-10-7-11-21(31)24(19)32)25(33)27(20)36-28(16)40-6/h7,10-11,15,17,22H,8-9,12,14H2,1-6H3,(H,35,36)/t17-,22?/m1/s1. The summed E-state index contributed by atoms with van der Waals surface area (Å²) in [5.41, 5.74) is 2.68. The Kier molecular flexibility index (Phi) is 9.08. The van der Waals surface area contributed by atoms with Crippen LogP contribution >= 0.6 is 35.0 Å². The molecule has 0 radical (unpaired) electrons. The van der Waals surface area contributed by atoms with Crippen molar-refractivity contribution in [3.63, 3.8) is 0 Å². The Hall–Kier alpha value is -2.73. The molecule has 4 rings (SSSR count). The topological polar surface area (TPSA) is 78.3 Å². The number of carbonyl (C=O) groups excluding carboxylic acids is 1. The lowest BCUT2D eigenvalue weighted by Gasteiger charge is -2.29. The van der Waals surface area contributed by atoms with Crippen LogP contribution in [0.2, 0.25) is 10.0 Å². The number of hydrogen-bond acceptors (Lipinski definition) is 6. The van der Waals surface area contributed by atoms with Gasteiger partial charge in [-0.3, -0.25) is 0 Å². The molecule has 0 aliphatic carbocycles. The van der Waals surface area contributed by atoms with E-state index in [4.69, 9.17) is 32.9 Å². The number of nitrogens with one attached hydrogen (secondary N) is 1. The molecule has 0 spiro atoms. The van der Waals surface area contributed by atoms with Crippen LogP contribution in [0.4, 0.5) is 14.9 Å². The first-order valence-electron chi connectivity index (χ1n) is 13.1. The second kappa shape index (κ2) is 12.0. The minimum atomic E-state index is -0.589. The van der Waals surface area contributed by atoms with Gasteiger partial charge in [0.05, 0.1) is 22.2 Å². The summed E-state index contributed by atoms with van der Waals surface area (Å²) in [5, 5.41) is 14.8. The summed E-state index contributed by atoms with van der Waals surface area (Å²) >= 11 is 14.3. The number of rotatable bonds is 6. The van der Waals surface area contributed by atoms with Crippen LogP contribution in [0.1, 0.15) is 51.7 Å². The molecule has 1 unspecified atom stereocenters. The average Bonchev–Trinajstić information content (AvgIpc) is 3.25. The van der Waals surface area contributed by atoms with Crippen LogP contribution in [0.3, 0.4) is 0 Å². The molecule has 1 aliphatic heterocycles. The van der Waals surface area contributed by atoms with Crippen molar-refractivity contribution in [1.82, 2.24) is 9.88 Å². The largest absolute Gasteiger partial charge is 0.444 e. The van der Waals surface area contributed by atoms with Crippen molar-refractivity contribution in [2.45, 2.75) is 76.6 Å². The van der Waals surface area contributed by atoms with Gasteiger partial charge in [0, 0.05) is 46.8 Å². The second-order valence-corrected chi connectivity index (χ2v) is 12.5. The molecule has 10 heteroatoms. The molecule has 212 valence electrons. The highest BCUT2D eigenvalue weighted by Gasteiger charge is 2.37. The Bertz CT molecular complexity index is 1500. The number of amides is 1. The van der Waals surface area contributed by atoms with E-state index in [1.165, 1.54) is 11.8 Å². The SMILES string of the molecule is CSc1nc2c(F)c(-c3cccc(Cl)c3Cl)c(CCC#N)cc2c(NC2CCN(C(=O)OC(C)(C)C)[C@@H]2C)c1C. The van der Waals surface area contributed by atoms with Crippen molar-refractivity contribution in [2.75, 3.05) is 18.1 Å². The zero-order chi connectivity index (χ0) is 29.4. The van der Waals surface area contributed by atoms with E-state index in [1.54, 1.807) is 23.1 Å². The summed E-state index contributed by atoms with van der Waals surface area (Å²) in [5.74, 6) is -0.511. The number of halogens is 3. The maximum Gasteiger partial charge on any atom is 0.410 e. The molecule has 1 amide bonds. The third kappa shape index (κ3) is 5.97. The van der Waals surface area contributed by atoms with Crippen molar-refractivity contribution in [2.24, 2.45) is 0 Å². The molecule has 2 heterocycles. The normalized spacial score (nSPS) is 17.2. The van der Waals surface area contributed by atoms with Crippen LogP contribution in [0, 0.1) is 24.1 Å². The van der Waals surface area contributed by atoms with Crippen LogP contribution in [0.25, 0.3) is 22.0 Å². The number of carbonyl (C=O) groups is 1. The van der Waals surface area contributed by atoms with E-state index in [9.17, 15) is 10.1 Å². The number of hydrogen-bond donors (Lipinski definition) is 1. The Morgan fingerprint density at radius 3 is 2.73 bits per heavy atom. The van der Waals surface area contributed by atoms with Crippen LogP contribution in [-0.4, -0.2) is 46.5 Å². The predicted molar refractivity (Wildman–Crippen MR) is 162 cm³/mol. The minimum Gasteiger partial charge on any atom is -0.444 e. The highest BCUT2D eigenvalue weighted by atomic mass is 35.5. The molecule has 0 bridgehead atoms. The quantitative estimate of drug-likeness (QED) is 0.284. The number of fused-ring (bicyclic) bond motifs is 1. The number of aromatic nitrogens is 1. The van der Waals surface area contributed by atoms with Crippen molar-refractivity contribution in [3.05, 3.63) is 51.3 Å². The van der Waals surface area contributed by atoms with Gasteiger partial charge in [-0.05, 0) is 71.4 Å². The molecule has 2 atom stereocenters. The Morgan fingerprint density at radius 2 is 2.08 bits per heavy atom. The Balaban J connectivity index is 1.85. The fourth-order valence-electron chi connectivity index (χ4n) is 5.14. The minimum absolute atomic E-state index is 0.0841. The van der Waals surface area contributed by atoms with E-state index in [0.717, 1.165) is 11.3 Å². The number of benzene rings is 2. The summed E-state index contributed by atoms with van der Waals surface area (Å²) in [6, 6.07) is 8.93. The Morgan fingerprint density at radius 1 is 1.35 bits per heavy atom. The molecule has 1 saturated heterocycles. The van der Waals surface area contributed by atoms with Crippen molar-refractivity contribution in [3.8, 4) is 17.2 Å². The summed E-state index contributed by atoms with van der Waals surface area (Å²) < 4.78 is 22.2. The number of likely N-dealkylation sites (tertiary alicyclic amines) is 1. The average molecular weight is 604 g/mol. The smallest absolute Gasteiger partial charge is 0.410 e. The van der Waals surface area contributed by atoms with Gasteiger partial charge in [0.25, 0.3) is 0 Å². The summed E-state index contributed by atoms with van der Waals surface area (Å²) in [7, 11) is 0. The molecule has 3 aromatic rings. The fourth-order valence-corrected chi connectivity index (χ4v) is 6.13. The number of anilines is 1. The van der Waals surface area contributed by atoms with Crippen molar-refractivity contribution in [1.29, 1.82) is 5.26 Å². The molecular weight excluding hydrogens is 570 g/mol. The van der Waals surface area contributed by atoms with E-state index in [0.29, 0.717) is 51.5 Å². The molecule has 1 N–H and O–H groups in total. The number of aryl methyl sites for hydroxylation is 1. The van der Waals surface area contributed by atoms with Gasteiger partial charge in [-0.2, -0.15) is 5.26 Å². The lowest BCUT2D eigenvalue weighted by atomic mass is 9.92. The summed E-state index contributed by atoms with van der Waals surface area (Å²) in [6.45, 7) is 10.0. The van der Waals surface area contributed by atoms with E-state index >= 15 is 4.39 Å². The summed E-state index contributed by atoms with van der Waals surface area (Å²) in [6.07, 6.45) is 2.80. The number of ether oxygens (including phenoxy) is 1. The fraction of sp³-hybridized carbons (Fsp3) is 0.433. The highest BCUT2D eigenvalue weighted by molar-refractivity contribution is 7.98. The molecule has 2 aromatic carbocycles. The van der Waals surface area contributed by atoms with Crippen LogP contribution < -0.4 is 5.32 Å². The monoisotopic (exact) mass is 602 g/mol. The van der Waals surface area contributed by atoms with Gasteiger partial charge in [-0.25, -0.2) is 14.2 Å². The zero-order valence-corrected chi connectivity index (χ0v) is 25.8. The maximum absolute atomic E-state index is 16.5. The lowest BCUT2D eigenvalue weighted by molar-refractivity contribution is 0.0236. The Labute approximate surface area is 249 Å². The van der Waals surface area contributed by atoms with E-state index in [1.807, 2.05) is 46.9 Å². The molecule has 1 aromatic heterocycles. The van der Waals surface area contributed by atoms with Gasteiger partial charge >= 0.3 is 6.09 Å². The van der Waals surface area contributed by atoms with E-state index in [2.05, 4.69) is 11.4 Å². The molecule has 40 heavy (non-hydrogen) atoms. The molecule has 0 saturated carbocycles. The van der Waals surface area contributed by atoms with E-state index in [-0.39, 0.29) is 35.1 Å². The van der Waals surface area contributed by atoms with Gasteiger partial charge < -0.3 is 15.0 Å². The number of pyridine rings is 1.